The van der Waals surface area contributed by atoms with Crippen molar-refractivity contribution in [3.63, 3.8) is 0 Å². The molecule has 2 aromatic heterocycles. The molecule has 42 heavy (non-hydrogen) atoms. The zero-order chi connectivity index (χ0) is 27.6. The number of thiophene rings is 2. The van der Waals surface area contributed by atoms with Gasteiger partial charge in [0.25, 0.3) is 0 Å². The van der Waals surface area contributed by atoms with Crippen molar-refractivity contribution in [3.8, 4) is 32.7 Å². The van der Waals surface area contributed by atoms with Gasteiger partial charge in [-0.2, -0.15) is 0 Å². The molecule has 2 heterocycles. The summed E-state index contributed by atoms with van der Waals surface area (Å²) < 4.78 is 4.03. The van der Waals surface area contributed by atoms with Crippen LogP contribution in [0.3, 0.4) is 0 Å². The van der Waals surface area contributed by atoms with Crippen LogP contribution in [-0.4, -0.2) is 0 Å². The quantitative estimate of drug-likeness (QED) is 0.186. The zero-order valence-corrected chi connectivity index (χ0v) is 24.3. The second-order valence-electron chi connectivity index (χ2n) is 10.9. The lowest BCUT2D eigenvalue weighted by atomic mass is 9.85. The van der Waals surface area contributed by atoms with Crippen LogP contribution in [0.5, 0.6) is 0 Å². The first-order valence-electron chi connectivity index (χ1n) is 14.3. The van der Waals surface area contributed by atoms with Crippen molar-refractivity contribution in [2.75, 3.05) is 0 Å². The van der Waals surface area contributed by atoms with Gasteiger partial charge in [0, 0.05) is 29.7 Å². The molecule has 0 saturated carbocycles. The molecule has 0 atom stereocenters. The van der Waals surface area contributed by atoms with E-state index in [1.807, 2.05) is 22.7 Å². The minimum atomic E-state index is 1.25. The van der Waals surface area contributed by atoms with Crippen LogP contribution in [0.2, 0.25) is 0 Å². The summed E-state index contributed by atoms with van der Waals surface area (Å²) in [5.74, 6) is 0. The summed E-state index contributed by atoms with van der Waals surface area (Å²) in [7, 11) is 0. The largest absolute Gasteiger partial charge is 0.135 e. The van der Waals surface area contributed by atoms with Gasteiger partial charge >= 0.3 is 0 Å². The van der Waals surface area contributed by atoms with E-state index in [1.165, 1.54) is 84.5 Å². The van der Waals surface area contributed by atoms with E-state index in [9.17, 15) is 0 Å². The Morgan fingerprint density at radius 1 is 0.357 bits per heavy atom. The molecule has 0 N–H and O–H groups in total. The third-order valence-corrected chi connectivity index (χ3v) is 10.7. The SMILES string of the molecule is c1ccc(-c2cc3cc4c(cc3s2)sc2cccc(-c3c5ccccc5c(-c5ccccc5)c5ccccc35)c24)cc1. The zero-order valence-electron chi connectivity index (χ0n) is 22.7. The Morgan fingerprint density at radius 2 is 0.952 bits per heavy atom. The van der Waals surface area contributed by atoms with Crippen molar-refractivity contribution < 1.29 is 0 Å². The van der Waals surface area contributed by atoms with E-state index >= 15 is 0 Å². The average molecular weight is 569 g/mol. The molecule has 0 bridgehead atoms. The van der Waals surface area contributed by atoms with E-state index < -0.39 is 0 Å². The summed E-state index contributed by atoms with van der Waals surface area (Å²) in [6, 6.07) is 53.5. The van der Waals surface area contributed by atoms with Gasteiger partial charge in [-0.15, -0.1) is 22.7 Å². The van der Waals surface area contributed by atoms with E-state index in [-0.39, 0.29) is 0 Å². The van der Waals surface area contributed by atoms with Gasteiger partial charge in [0.05, 0.1) is 0 Å². The summed E-state index contributed by atoms with van der Waals surface area (Å²) in [4.78, 5) is 1.32. The van der Waals surface area contributed by atoms with Crippen molar-refractivity contribution in [1.82, 2.24) is 0 Å². The number of benzene rings is 7. The van der Waals surface area contributed by atoms with Gasteiger partial charge in [-0.25, -0.2) is 0 Å². The lowest BCUT2D eigenvalue weighted by Crippen LogP contribution is -1.91. The highest BCUT2D eigenvalue weighted by Gasteiger charge is 2.20. The highest BCUT2D eigenvalue weighted by Crippen LogP contribution is 2.49. The smallest absolute Gasteiger partial charge is 0.0370 e. The minimum absolute atomic E-state index is 1.25. The Labute approximate surface area is 251 Å². The lowest BCUT2D eigenvalue weighted by Gasteiger charge is -2.18. The molecule has 0 amide bonds. The molecule has 0 saturated heterocycles. The molecule has 0 fully saturated rings. The number of hydrogen-bond acceptors (Lipinski definition) is 2. The van der Waals surface area contributed by atoms with Crippen molar-refractivity contribution in [1.29, 1.82) is 0 Å². The maximum atomic E-state index is 2.43. The minimum Gasteiger partial charge on any atom is -0.135 e. The van der Waals surface area contributed by atoms with Gasteiger partial charge < -0.3 is 0 Å². The van der Waals surface area contributed by atoms with Crippen molar-refractivity contribution >= 4 is 74.5 Å². The number of rotatable bonds is 3. The highest BCUT2D eigenvalue weighted by molar-refractivity contribution is 7.27. The standard InChI is InChI=1S/C40H24S2/c1-3-12-25(13-4-1)35-23-27-22-33-37(24-36(27)42-35)41-34-21-11-20-32(40(33)34)39-30-18-9-7-16-28(30)38(26-14-5-2-6-15-26)29-17-8-10-19-31(29)39/h1-24H. The second-order valence-corrected chi connectivity index (χ2v) is 13.0. The summed E-state index contributed by atoms with van der Waals surface area (Å²) in [5, 5.41) is 9.19. The molecule has 0 aliphatic heterocycles. The highest BCUT2D eigenvalue weighted by atomic mass is 32.1. The van der Waals surface area contributed by atoms with Crippen LogP contribution in [0.25, 0.3) is 84.5 Å². The third kappa shape index (κ3) is 3.59. The predicted molar refractivity (Wildman–Crippen MR) is 186 cm³/mol. The van der Waals surface area contributed by atoms with Gasteiger partial charge in [0.2, 0.25) is 0 Å². The lowest BCUT2D eigenvalue weighted by molar-refractivity contribution is 1.67. The topological polar surface area (TPSA) is 0 Å². The first-order valence-corrected chi connectivity index (χ1v) is 15.9. The summed E-state index contributed by atoms with van der Waals surface area (Å²) in [6.07, 6.45) is 0. The molecule has 2 heteroatoms. The maximum Gasteiger partial charge on any atom is 0.0370 e. The van der Waals surface area contributed by atoms with Crippen LogP contribution in [-0.2, 0) is 0 Å². The fourth-order valence-corrected chi connectivity index (χ4v) is 8.97. The van der Waals surface area contributed by atoms with E-state index in [0.29, 0.717) is 0 Å². The molecule has 9 aromatic rings. The average Bonchev–Trinajstić information content (AvgIpc) is 3.64. The van der Waals surface area contributed by atoms with E-state index in [2.05, 4.69) is 146 Å². The number of fused-ring (bicyclic) bond motifs is 6. The Bertz CT molecular complexity index is 2390. The summed E-state index contributed by atoms with van der Waals surface area (Å²) in [6.45, 7) is 0. The van der Waals surface area contributed by atoms with Crippen LogP contribution in [0.1, 0.15) is 0 Å². The fourth-order valence-electron chi connectivity index (χ4n) is 6.65. The van der Waals surface area contributed by atoms with Crippen molar-refractivity contribution in [2.45, 2.75) is 0 Å². The Kier molecular flexibility index (Phi) is 5.34. The predicted octanol–water partition coefficient (Wildman–Crippen LogP) is 12.6. The third-order valence-electron chi connectivity index (χ3n) is 8.46. The Hall–Kier alpha value is -4.76. The summed E-state index contributed by atoms with van der Waals surface area (Å²) in [5.41, 5.74) is 6.47. The van der Waals surface area contributed by atoms with Gasteiger partial charge in [-0.1, -0.05) is 121 Å². The molecule has 7 aromatic carbocycles. The molecule has 196 valence electrons. The molecule has 0 nitrogen and oxygen atoms in total. The monoisotopic (exact) mass is 568 g/mol. The second kappa shape index (κ2) is 9.39. The molecule has 0 spiro atoms. The number of hydrogen-bond donors (Lipinski definition) is 0. The van der Waals surface area contributed by atoms with Crippen LogP contribution < -0.4 is 0 Å². The Morgan fingerprint density at radius 3 is 1.62 bits per heavy atom. The first-order chi connectivity index (χ1) is 20.8. The molecule has 0 aliphatic carbocycles. The normalized spacial score (nSPS) is 11.8. The molecule has 0 aliphatic rings. The van der Waals surface area contributed by atoms with Crippen LogP contribution in [0.4, 0.5) is 0 Å². The van der Waals surface area contributed by atoms with E-state index in [0.717, 1.165) is 0 Å². The van der Waals surface area contributed by atoms with Gasteiger partial charge in [-0.05, 0) is 79.0 Å². The van der Waals surface area contributed by atoms with Crippen LogP contribution in [0.15, 0.2) is 146 Å². The van der Waals surface area contributed by atoms with E-state index in [1.54, 1.807) is 0 Å². The van der Waals surface area contributed by atoms with Gasteiger partial charge in [-0.3, -0.25) is 0 Å². The molecule has 0 unspecified atom stereocenters. The van der Waals surface area contributed by atoms with Crippen molar-refractivity contribution in [3.05, 3.63) is 146 Å². The molecule has 9 rings (SSSR count). The summed E-state index contributed by atoms with van der Waals surface area (Å²) >= 11 is 3.79. The van der Waals surface area contributed by atoms with Crippen LogP contribution in [0, 0.1) is 0 Å². The molecular formula is C40H24S2. The molecule has 0 radical (unpaired) electrons. The Balaban J connectivity index is 1.38. The van der Waals surface area contributed by atoms with Gasteiger partial charge in [0.15, 0.2) is 0 Å². The van der Waals surface area contributed by atoms with Gasteiger partial charge in [0.1, 0.15) is 0 Å². The van der Waals surface area contributed by atoms with Crippen LogP contribution >= 0.6 is 22.7 Å². The van der Waals surface area contributed by atoms with Crippen molar-refractivity contribution in [2.24, 2.45) is 0 Å². The maximum absolute atomic E-state index is 2.43. The molecular weight excluding hydrogens is 545 g/mol. The first kappa shape index (κ1) is 23.9. The van der Waals surface area contributed by atoms with E-state index in [4.69, 9.17) is 0 Å². The fraction of sp³-hybridized carbons (Fsp3) is 0.